The molecule has 0 heterocycles. The van der Waals surface area contributed by atoms with Gasteiger partial charge in [0.1, 0.15) is 6.61 Å². The molecular formula is C17H21NO2. The van der Waals surface area contributed by atoms with E-state index in [4.69, 9.17) is 5.11 Å². The Balaban J connectivity index is 1.92. The van der Waals surface area contributed by atoms with Crippen LogP contribution < -0.4 is 5.32 Å². The molecule has 2 N–H and O–H groups in total. The second-order valence-corrected chi connectivity index (χ2v) is 5.43. The van der Waals surface area contributed by atoms with Crippen molar-refractivity contribution in [2.24, 2.45) is 5.41 Å². The summed E-state index contributed by atoms with van der Waals surface area (Å²) in [6, 6.07) is 7.15. The van der Waals surface area contributed by atoms with Crippen LogP contribution in [0.5, 0.6) is 0 Å². The molecule has 1 saturated carbocycles. The van der Waals surface area contributed by atoms with Crippen molar-refractivity contribution in [2.75, 3.05) is 13.2 Å². The van der Waals surface area contributed by atoms with Crippen LogP contribution in [0.15, 0.2) is 24.3 Å². The number of carbonyl (C=O) groups excluding carboxylic acids is 1. The molecule has 3 heteroatoms. The first kappa shape index (κ1) is 14.6. The lowest BCUT2D eigenvalue weighted by molar-refractivity contribution is 0.0850. The summed E-state index contributed by atoms with van der Waals surface area (Å²) in [6.07, 6.45) is 4.85. The first-order valence-corrected chi connectivity index (χ1v) is 7.17. The molecule has 0 atom stereocenters. The van der Waals surface area contributed by atoms with Gasteiger partial charge < -0.3 is 10.4 Å². The third-order valence-corrected chi connectivity index (χ3v) is 4.25. The Hall–Kier alpha value is -1.79. The van der Waals surface area contributed by atoms with E-state index in [0.717, 1.165) is 18.5 Å². The molecule has 0 bridgehead atoms. The summed E-state index contributed by atoms with van der Waals surface area (Å²) >= 11 is 0. The standard InChI is InChI=1S/C17H21NO2/c1-2-17(10-4-11-17)13-18-16(20)15-8-6-14(7-9-15)5-3-12-19/h6-9,19H,2,4,10-13H2,1H3,(H,18,20). The highest BCUT2D eigenvalue weighted by atomic mass is 16.2. The van der Waals surface area contributed by atoms with Gasteiger partial charge in [0.15, 0.2) is 0 Å². The molecule has 0 saturated heterocycles. The Kier molecular flexibility index (Phi) is 4.81. The lowest BCUT2D eigenvalue weighted by atomic mass is 9.67. The lowest BCUT2D eigenvalue weighted by Gasteiger charge is -2.41. The molecule has 0 aliphatic heterocycles. The Labute approximate surface area is 120 Å². The molecule has 0 aromatic heterocycles. The van der Waals surface area contributed by atoms with E-state index in [1.165, 1.54) is 19.3 Å². The van der Waals surface area contributed by atoms with Gasteiger partial charge in [-0.15, -0.1) is 0 Å². The van der Waals surface area contributed by atoms with Crippen LogP contribution in [-0.2, 0) is 0 Å². The third-order valence-electron chi connectivity index (χ3n) is 4.25. The van der Waals surface area contributed by atoms with Gasteiger partial charge >= 0.3 is 0 Å². The van der Waals surface area contributed by atoms with Gasteiger partial charge in [-0.05, 0) is 48.9 Å². The topological polar surface area (TPSA) is 49.3 Å². The van der Waals surface area contributed by atoms with Crippen molar-refractivity contribution in [1.82, 2.24) is 5.32 Å². The Morgan fingerprint density at radius 1 is 1.35 bits per heavy atom. The van der Waals surface area contributed by atoms with Gasteiger partial charge in [-0.3, -0.25) is 4.79 Å². The monoisotopic (exact) mass is 271 g/mol. The van der Waals surface area contributed by atoms with Gasteiger partial charge in [0.25, 0.3) is 5.91 Å². The minimum absolute atomic E-state index is 0.0219. The molecule has 2 rings (SSSR count). The summed E-state index contributed by atoms with van der Waals surface area (Å²) in [5.74, 6) is 5.38. The molecule has 106 valence electrons. The zero-order valence-corrected chi connectivity index (χ0v) is 11.9. The molecule has 0 radical (unpaired) electrons. The predicted octanol–water partition coefficient (Wildman–Crippen LogP) is 2.34. The minimum Gasteiger partial charge on any atom is -0.384 e. The van der Waals surface area contributed by atoms with Crippen LogP contribution in [0.25, 0.3) is 0 Å². The van der Waals surface area contributed by atoms with Crippen LogP contribution in [0.3, 0.4) is 0 Å². The van der Waals surface area contributed by atoms with E-state index in [1.54, 1.807) is 24.3 Å². The largest absolute Gasteiger partial charge is 0.384 e. The van der Waals surface area contributed by atoms with Crippen LogP contribution in [0.4, 0.5) is 0 Å². The number of hydrogen-bond donors (Lipinski definition) is 2. The first-order chi connectivity index (χ1) is 9.69. The Bertz CT molecular complexity index is 513. The highest BCUT2D eigenvalue weighted by Crippen LogP contribution is 2.43. The molecule has 1 aliphatic carbocycles. The number of aliphatic hydroxyl groups is 1. The van der Waals surface area contributed by atoms with E-state index in [0.29, 0.717) is 11.0 Å². The van der Waals surface area contributed by atoms with E-state index < -0.39 is 0 Å². The number of benzene rings is 1. The number of aliphatic hydroxyl groups excluding tert-OH is 1. The molecule has 3 nitrogen and oxygen atoms in total. The maximum absolute atomic E-state index is 12.1. The highest BCUT2D eigenvalue weighted by molar-refractivity contribution is 5.94. The number of amides is 1. The smallest absolute Gasteiger partial charge is 0.251 e. The quantitative estimate of drug-likeness (QED) is 0.826. The van der Waals surface area contributed by atoms with E-state index in [9.17, 15) is 4.79 Å². The number of rotatable bonds is 4. The average Bonchev–Trinajstić information content (AvgIpc) is 2.45. The molecular weight excluding hydrogens is 250 g/mol. The van der Waals surface area contributed by atoms with Gasteiger partial charge in [-0.25, -0.2) is 0 Å². The fraction of sp³-hybridized carbons (Fsp3) is 0.471. The maximum atomic E-state index is 12.1. The number of carbonyl (C=O) groups is 1. The van der Waals surface area contributed by atoms with Crippen molar-refractivity contribution >= 4 is 5.91 Å². The average molecular weight is 271 g/mol. The van der Waals surface area contributed by atoms with Gasteiger partial charge in [0.05, 0.1) is 0 Å². The Morgan fingerprint density at radius 2 is 2.05 bits per heavy atom. The fourth-order valence-corrected chi connectivity index (χ4v) is 2.55. The van der Waals surface area contributed by atoms with Gasteiger partial charge in [0, 0.05) is 17.7 Å². The minimum atomic E-state index is -0.151. The zero-order chi connectivity index (χ0) is 14.4. The van der Waals surface area contributed by atoms with E-state index in [-0.39, 0.29) is 12.5 Å². The van der Waals surface area contributed by atoms with Crippen LogP contribution in [-0.4, -0.2) is 24.2 Å². The van der Waals surface area contributed by atoms with Crippen LogP contribution in [0.1, 0.15) is 48.5 Å². The van der Waals surface area contributed by atoms with Crippen molar-refractivity contribution < 1.29 is 9.90 Å². The molecule has 1 amide bonds. The number of nitrogens with one attached hydrogen (secondary N) is 1. The van der Waals surface area contributed by atoms with E-state index in [1.807, 2.05) is 0 Å². The van der Waals surface area contributed by atoms with Gasteiger partial charge in [-0.2, -0.15) is 0 Å². The van der Waals surface area contributed by atoms with Crippen LogP contribution >= 0.6 is 0 Å². The number of hydrogen-bond acceptors (Lipinski definition) is 2. The summed E-state index contributed by atoms with van der Waals surface area (Å²) < 4.78 is 0. The lowest BCUT2D eigenvalue weighted by Crippen LogP contribution is -2.41. The first-order valence-electron chi connectivity index (χ1n) is 7.17. The predicted molar refractivity (Wildman–Crippen MR) is 79.3 cm³/mol. The molecule has 1 fully saturated rings. The van der Waals surface area contributed by atoms with Crippen molar-refractivity contribution in [3.8, 4) is 11.8 Å². The summed E-state index contributed by atoms with van der Waals surface area (Å²) in [7, 11) is 0. The molecule has 20 heavy (non-hydrogen) atoms. The van der Waals surface area contributed by atoms with E-state index >= 15 is 0 Å². The normalized spacial score (nSPS) is 15.7. The molecule has 0 spiro atoms. The molecule has 0 unspecified atom stereocenters. The second kappa shape index (κ2) is 6.58. The second-order valence-electron chi connectivity index (χ2n) is 5.43. The molecule has 1 aromatic carbocycles. The molecule has 1 aromatic rings. The van der Waals surface area contributed by atoms with E-state index in [2.05, 4.69) is 24.1 Å². The van der Waals surface area contributed by atoms with Crippen molar-refractivity contribution in [1.29, 1.82) is 0 Å². The van der Waals surface area contributed by atoms with Crippen LogP contribution in [0.2, 0.25) is 0 Å². The summed E-state index contributed by atoms with van der Waals surface area (Å²) in [5.41, 5.74) is 1.80. The molecule has 1 aliphatic rings. The van der Waals surface area contributed by atoms with Gasteiger partial charge in [0.2, 0.25) is 0 Å². The summed E-state index contributed by atoms with van der Waals surface area (Å²) in [6.45, 7) is 2.82. The van der Waals surface area contributed by atoms with Gasteiger partial charge in [-0.1, -0.05) is 25.2 Å². The SMILES string of the molecule is CCC1(CNC(=O)c2ccc(C#CCO)cc2)CCC1. The zero-order valence-electron chi connectivity index (χ0n) is 11.9. The third kappa shape index (κ3) is 3.40. The van der Waals surface area contributed by atoms with Crippen molar-refractivity contribution in [3.63, 3.8) is 0 Å². The van der Waals surface area contributed by atoms with Crippen molar-refractivity contribution in [2.45, 2.75) is 32.6 Å². The Morgan fingerprint density at radius 3 is 2.55 bits per heavy atom. The highest BCUT2D eigenvalue weighted by Gasteiger charge is 2.35. The summed E-state index contributed by atoms with van der Waals surface area (Å²) in [4.78, 5) is 12.1. The fourth-order valence-electron chi connectivity index (χ4n) is 2.55. The van der Waals surface area contributed by atoms with Crippen molar-refractivity contribution in [3.05, 3.63) is 35.4 Å². The maximum Gasteiger partial charge on any atom is 0.251 e. The van der Waals surface area contributed by atoms with Crippen LogP contribution in [0, 0.1) is 17.3 Å². The summed E-state index contributed by atoms with van der Waals surface area (Å²) in [5, 5.41) is 11.7.